The topological polar surface area (TPSA) is 83.6 Å². The van der Waals surface area contributed by atoms with Gasteiger partial charge in [-0.3, -0.25) is 10.1 Å². The third kappa shape index (κ3) is 3.21. The maximum atomic E-state index is 12.4. The summed E-state index contributed by atoms with van der Waals surface area (Å²) in [6, 6.07) is 13.3. The van der Waals surface area contributed by atoms with Crippen molar-refractivity contribution in [1.82, 2.24) is 20.6 Å². The molecule has 2 N–H and O–H groups in total. The molecule has 21 heavy (non-hydrogen) atoms. The van der Waals surface area contributed by atoms with Gasteiger partial charge in [-0.05, 0) is 28.3 Å². The number of amides is 1. The molecule has 0 saturated heterocycles. The van der Waals surface area contributed by atoms with E-state index in [1.165, 1.54) is 0 Å². The first-order valence-corrected chi connectivity index (χ1v) is 7.06. The number of aromatic nitrogens is 4. The van der Waals surface area contributed by atoms with E-state index in [2.05, 4.69) is 25.9 Å². The summed E-state index contributed by atoms with van der Waals surface area (Å²) in [5, 5.41) is 17.7. The van der Waals surface area contributed by atoms with E-state index < -0.39 is 0 Å². The number of rotatable bonds is 4. The Labute approximate surface area is 124 Å². The summed E-state index contributed by atoms with van der Waals surface area (Å²) in [7, 11) is 0. The first-order chi connectivity index (χ1) is 10.3. The summed E-state index contributed by atoms with van der Waals surface area (Å²) in [5.74, 6) is -0.135. The molecule has 0 aliphatic carbocycles. The van der Waals surface area contributed by atoms with Gasteiger partial charge in [-0.25, -0.2) is 0 Å². The van der Waals surface area contributed by atoms with Crippen LogP contribution in [-0.4, -0.2) is 26.5 Å². The predicted octanol–water partition coefficient (Wildman–Crippen LogP) is 2.44. The zero-order valence-corrected chi connectivity index (χ0v) is 11.7. The summed E-state index contributed by atoms with van der Waals surface area (Å²) in [6.07, 6.45) is 1.84. The third-order valence-electron chi connectivity index (χ3n) is 2.73. The second-order valence-corrected chi connectivity index (χ2v) is 5.11. The van der Waals surface area contributed by atoms with E-state index in [0.29, 0.717) is 5.57 Å². The van der Waals surface area contributed by atoms with Gasteiger partial charge in [0.25, 0.3) is 11.9 Å². The van der Waals surface area contributed by atoms with E-state index in [-0.39, 0.29) is 11.9 Å². The highest BCUT2D eigenvalue weighted by Gasteiger charge is 2.14. The van der Waals surface area contributed by atoms with Crippen LogP contribution in [-0.2, 0) is 4.79 Å². The van der Waals surface area contributed by atoms with Crippen LogP contribution in [0.3, 0.4) is 0 Å². The molecule has 0 saturated carbocycles. The van der Waals surface area contributed by atoms with Gasteiger partial charge in [-0.15, -0.1) is 16.4 Å². The fraction of sp³-hybridized carbons (Fsp3) is 0. The summed E-state index contributed by atoms with van der Waals surface area (Å²) in [4.78, 5) is 13.4. The molecule has 104 valence electrons. The molecule has 0 spiro atoms. The highest BCUT2D eigenvalue weighted by Crippen LogP contribution is 2.22. The van der Waals surface area contributed by atoms with Crippen molar-refractivity contribution in [3.8, 4) is 0 Å². The number of tetrazole rings is 1. The van der Waals surface area contributed by atoms with Gasteiger partial charge in [0.2, 0.25) is 0 Å². The molecule has 1 amide bonds. The lowest BCUT2D eigenvalue weighted by atomic mass is 10.0. The fourth-order valence-electron chi connectivity index (χ4n) is 1.80. The summed E-state index contributed by atoms with van der Waals surface area (Å²) in [5.41, 5.74) is 1.37. The minimum absolute atomic E-state index is 0.146. The number of nitrogens with zero attached hydrogens (tertiary/aromatic N) is 3. The monoisotopic (exact) mass is 297 g/mol. The minimum Gasteiger partial charge on any atom is -0.288 e. The number of thiophene rings is 1. The Hall–Kier alpha value is -2.80. The van der Waals surface area contributed by atoms with E-state index >= 15 is 0 Å². The van der Waals surface area contributed by atoms with Crippen molar-refractivity contribution in [2.24, 2.45) is 0 Å². The number of hydrogen-bond donors (Lipinski definition) is 2. The van der Waals surface area contributed by atoms with Gasteiger partial charge >= 0.3 is 0 Å². The van der Waals surface area contributed by atoms with Gasteiger partial charge < -0.3 is 0 Å². The fourth-order valence-corrected chi connectivity index (χ4v) is 2.45. The Morgan fingerprint density at radius 3 is 2.71 bits per heavy atom. The quantitative estimate of drug-likeness (QED) is 0.724. The van der Waals surface area contributed by atoms with Crippen LogP contribution in [0.1, 0.15) is 10.4 Å². The highest BCUT2D eigenvalue weighted by atomic mass is 32.1. The Balaban J connectivity index is 1.94. The molecule has 0 fully saturated rings. The van der Waals surface area contributed by atoms with Crippen LogP contribution in [0.15, 0.2) is 47.8 Å². The Bertz CT molecular complexity index is 735. The van der Waals surface area contributed by atoms with Crippen molar-refractivity contribution in [1.29, 1.82) is 0 Å². The van der Waals surface area contributed by atoms with Crippen LogP contribution >= 0.6 is 11.3 Å². The van der Waals surface area contributed by atoms with Gasteiger partial charge in [-0.1, -0.05) is 41.5 Å². The predicted molar refractivity (Wildman–Crippen MR) is 81.4 cm³/mol. The van der Waals surface area contributed by atoms with Gasteiger partial charge in [0.15, 0.2) is 0 Å². The van der Waals surface area contributed by atoms with Crippen molar-refractivity contribution < 1.29 is 4.79 Å². The highest BCUT2D eigenvalue weighted by molar-refractivity contribution is 7.11. The molecule has 7 heteroatoms. The Morgan fingerprint density at radius 2 is 2.05 bits per heavy atom. The number of hydrogen-bond acceptors (Lipinski definition) is 5. The lowest BCUT2D eigenvalue weighted by Gasteiger charge is -2.06. The number of nitrogens with one attached hydrogen (secondary N) is 2. The zero-order valence-electron chi connectivity index (χ0n) is 10.9. The maximum absolute atomic E-state index is 12.4. The van der Waals surface area contributed by atoms with Crippen LogP contribution < -0.4 is 5.32 Å². The van der Waals surface area contributed by atoms with Gasteiger partial charge in [-0.2, -0.15) is 5.21 Å². The molecule has 0 bridgehead atoms. The SMILES string of the molecule is O=C(Nc1nn[nH]n1)C(=Cc1cccs1)c1ccccc1. The van der Waals surface area contributed by atoms with E-state index in [0.717, 1.165) is 10.4 Å². The van der Waals surface area contributed by atoms with Crippen molar-refractivity contribution in [3.63, 3.8) is 0 Å². The molecular weight excluding hydrogens is 286 g/mol. The van der Waals surface area contributed by atoms with Crippen LogP contribution in [0.4, 0.5) is 5.95 Å². The number of benzene rings is 1. The lowest BCUT2D eigenvalue weighted by Crippen LogP contribution is -2.14. The molecular formula is C14H11N5OS. The summed E-state index contributed by atoms with van der Waals surface area (Å²) < 4.78 is 0. The molecule has 3 rings (SSSR count). The number of carbonyl (C=O) groups is 1. The molecule has 6 nitrogen and oxygen atoms in total. The molecule has 0 aliphatic heterocycles. The lowest BCUT2D eigenvalue weighted by molar-refractivity contribution is -0.111. The molecule has 1 aromatic carbocycles. The van der Waals surface area contributed by atoms with Crippen molar-refractivity contribution in [3.05, 3.63) is 58.3 Å². The number of carbonyl (C=O) groups excluding carboxylic acids is 1. The molecule has 0 unspecified atom stereocenters. The third-order valence-corrected chi connectivity index (χ3v) is 3.55. The Morgan fingerprint density at radius 1 is 1.19 bits per heavy atom. The van der Waals surface area contributed by atoms with Gasteiger partial charge in [0, 0.05) is 10.5 Å². The van der Waals surface area contributed by atoms with E-state index in [1.807, 2.05) is 53.9 Å². The first-order valence-electron chi connectivity index (χ1n) is 6.18. The van der Waals surface area contributed by atoms with E-state index in [1.54, 1.807) is 11.3 Å². The second-order valence-electron chi connectivity index (χ2n) is 4.13. The minimum atomic E-state index is -0.281. The first kappa shape index (κ1) is 13.2. The standard InChI is InChI=1S/C14H11N5OS/c20-13(15-14-16-18-19-17-14)12(9-11-7-4-8-21-11)10-5-2-1-3-6-10/h1-9H,(H2,15,16,17,18,19,20). The summed E-state index contributed by atoms with van der Waals surface area (Å²) in [6.45, 7) is 0. The average molecular weight is 297 g/mol. The van der Waals surface area contributed by atoms with Gasteiger partial charge in [0.05, 0.1) is 0 Å². The second kappa shape index (κ2) is 6.10. The molecule has 2 aromatic heterocycles. The van der Waals surface area contributed by atoms with E-state index in [9.17, 15) is 4.79 Å². The number of H-pyrrole nitrogens is 1. The van der Waals surface area contributed by atoms with Crippen molar-refractivity contribution in [2.45, 2.75) is 0 Å². The van der Waals surface area contributed by atoms with Gasteiger partial charge in [0.1, 0.15) is 0 Å². The van der Waals surface area contributed by atoms with Crippen LogP contribution in [0, 0.1) is 0 Å². The van der Waals surface area contributed by atoms with Crippen LogP contribution in [0.2, 0.25) is 0 Å². The number of aromatic amines is 1. The van der Waals surface area contributed by atoms with Crippen LogP contribution in [0.5, 0.6) is 0 Å². The van der Waals surface area contributed by atoms with Crippen molar-refractivity contribution >= 4 is 34.8 Å². The van der Waals surface area contributed by atoms with Crippen LogP contribution in [0.25, 0.3) is 11.6 Å². The Kier molecular flexibility index (Phi) is 3.83. The molecule has 0 atom stereocenters. The molecule has 3 aromatic rings. The number of anilines is 1. The smallest absolute Gasteiger partial charge is 0.270 e. The van der Waals surface area contributed by atoms with Crippen molar-refractivity contribution in [2.75, 3.05) is 5.32 Å². The largest absolute Gasteiger partial charge is 0.288 e. The molecule has 2 heterocycles. The maximum Gasteiger partial charge on any atom is 0.270 e. The molecule has 0 radical (unpaired) electrons. The normalized spacial score (nSPS) is 11.3. The molecule has 0 aliphatic rings. The summed E-state index contributed by atoms with van der Waals surface area (Å²) >= 11 is 1.57. The average Bonchev–Trinajstić information content (AvgIpc) is 3.19. The van der Waals surface area contributed by atoms with E-state index in [4.69, 9.17) is 0 Å². The zero-order chi connectivity index (χ0) is 14.5.